The lowest BCUT2D eigenvalue weighted by Crippen LogP contribution is -2.49. The fraction of sp³-hybridized carbons (Fsp3) is 0.250. The van der Waals surface area contributed by atoms with E-state index in [0.29, 0.717) is 0 Å². The van der Waals surface area contributed by atoms with Gasteiger partial charge in [-0.2, -0.15) is 4.72 Å². The Kier molecular flexibility index (Phi) is 10.0. The summed E-state index contributed by atoms with van der Waals surface area (Å²) in [5, 5.41) is 13.0. The van der Waals surface area contributed by atoms with E-state index in [9.17, 15) is 18.0 Å². The minimum atomic E-state index is -4.10. The van der Waals surface area contributed by atoms with Crippen LogP contribution in [0.25, 0.3) is 10.8 Å². The number of fused-ring (bicyclic) bond motifs is 1. The average Bonchev–Trinajstić information content (AvgIpc) is 2.82. The third kappa shape index (κ3) is 7.26. The lowest BCUT2D eigenvalue weighted by Gasteiger charge is -2.24. The Morgan fingerprint density at radius 3 is 2.29 bits per heavy atom. The summed E-state index contributed by atoms with van der Waals surface area (Å²) in [7, 11) is -2.54. The molecule has 0 aliphatic rings. The van der Waals surface area contributed by atoms with Gasteiger partial charge in [0.25, 0.3) is 0 Å². The molecule has 3 rings (SSSR count). The molecule has 1 unspecified atom stereocenters. The van der Waals surface area contributed by atoms with E-state index in [4.69, 9.17) is 5.11 Å². The van der Waals surface area contributed by atoms with Crippen molar-refractivity contribution >= 4 is 45.0 Å². The molecular formula is C24H28ClN3O5S. The van der Waals surface area contributed by atoms with Gasteiger partial charge in [-0.05, 0) is 28.5 Å². The molecule has 0 aliphatic heterocycles. The smallest absolute Gasteiger partial charge is 0.241 e. The molecular weight excluding hydrogens is 478 g/mol. The van der Waals surface area contributed by atoms with Gasteiger partial charge in [0.15, 0.2) is 0 Å². The Morgan fingerprint density at radius 2 is 1.62 bits per heavy atom. The molecule has 0 aliphatic carbocycles. The minimum Gasteiger partial charge on any atom is -0.395 e. The second-order valence-electron chi connectivity index (χ2n) is 7.64. The van der Waals surface area contributed by atoms with Crippen LogP contribution < -0.4 is 10.0 Å². The van der Waals surface area contributed by atoms with Gasteiger partial charge in [-0.25, -0.2) is 8.42 Å². The van der Waals surface area contributed by atoms with Gasteiger partial charge in [0.05, 0.1) is 17.9 Å². The van der Waals surface area contributed by atoms with E-state index >= 15 is 0 Å². The van der Waals surface area contributed by atoms with Crippen molar-refractivity contribution in [3.8, 4) is 0 Å². The summed E-state index contributed by atoms with van der Waals surface area (Å²) in [6, 6.07) is 20.0. The molecule has 182 valence electrons. The number of nitrogens with zero attached hydrogens (tertiary/aromatic N) is 1. The summed E-state index contributed by atoms with van der Waals surface area (Å²) in [6.07, 6.45) is -0.398. The van der Waals surface area contributed by atoms with E-state index in [0.717, 1.165) is 16.3 Å². The summed E-state index contributed by atoms with van der Waals surface area (Å²) >= 11 is 0. The largest absolute Gasteiger partial charge is 0.395 e. The highest BCUT2D eigenvalue weighted by atomic mass is 35.5. The number of hydrogen-bond acceptors (Lipinski definition) is 5. The Labute approximate surface area is 205 Å². The predicted molar refractivity (Wildman–Crippen MR) is 133 cm³/mol. The summed E-state index contributed by atoms with van der Waals surface area (Å²) in [4.78, 5) is 26.8. The van der Waals surface area contributed by atoms with Gasteiger partial charge >= 0.3 is 0 Å². The lowest BCUT2D eigenvalue weighted by atomic mass is 10.1. The molecule has 0 bridgehead atoms. The molecule has 1 atom stereocenters. The molecule has 0 fully saturated rings. The van der Waals surface area contributed by atoms with Gasteiger partial charge in [-0.15, -0.1) is 12.4 Å². The molecule has 2 amide bonds. The van der Waals surface area contributed by atoms with Crippen molar-refractivity contribution in [1.82, 2.24) is 14.9 Å². The summed E-state index contributed by atoms with van der Waals surface area (Å²) in [6.45, 7) is 0.00420. The Hall–Kier alpha value is -2.98. The van der Waals surface area contributed by atoms with Gasteiger partial charge in [-0.1, -0.05) is 60.7 Å². The fourth-order valence-corrected chi connectivity index (χ4v) is 4.65. The molecule has 0 aromatic heterocycles. The van der Waals surface area contributed by atoms with Gasteiger partial charge in [0, 0.05) is 20.1 Å². The lowest BCUT2D eigenvalue weighted by molar-refractivity contribution is -0.135. The molecule has 3 aromatic carbocycles. The van der Waals surface area contributed by atoms with E-state index in [-0.39, 0.29) is 37.0 Å². The number of nitrogens with one attached hydrogen (secondary N) is 2. The van der Waals surface area contributed by atoms with Crippen LogP contribution in [0.5, 0.6) is 0 Å². The van der Waals surface area contributed by atoms with Crippen molar-refractivity contribution in [2.75, 3.05) is 20.2 Å². The molecule has 8 nitrogen and oxygen atoms in total. The van der Waals surface area contributed by atoms with Crippen molar-refractivity contribution in [2.45, 2.75) is 23.9 Å². The number of aliphatic hydroxyl groups is 1. The Morgan fingerprint density at radius 1 is 0.971 bits per heavy atom. The first-order chi connectivity index (χ1) is 15.8. The van der Waals surface area contributed by atoms with Crippen molar-refractivity contribution < 1.29 is 23.1 Å². The topological polar surface area (TPSA) is 116 Å². The summed E-state index contributed by atoms with van der Waals surface area (Å²) in [5.74, 6) is -1.08. The molecule has 0 radical (unpaired) electrons. The van der Waals surface area contributed by atoms with E-state index in [1.807, 2.05) is 48.5 Å². The number of likely N-dealkylation sites (N-methyl/N-ethyl adjacent to an activating group) is 1. The van der Waals surface area contributed by atoms with E-state index in [2.05, 4.69) is 10.0 Å². The zero-order valence-corrected chi connectivity index (χ0v) is 20.3. The summed E-state index contributed by atoms with van der Waals surface area (Å²) < 4.78 is 28.6. The number of aliphatic hydroxyl groups excluding tert-OH is 1. The SMILES string of the molecule is CN(Cc1ccccc1)C(=O)C(CC(=O)NCCO)NS(=O)(=O)c1ccc2ccccc2c1.Cl. The second kappa shape index (κ2) is 12.5. The molecule has 0 saturated carbocycles. The number of benzene rings is 3. The van der Waals surface area contributed by atoms with Crippen LogP contribution in [-0.2, 0) is 26.2 Å². The van der Waals surface area contributed by atoms with Crippen LogP contribution in [-0.4, -0.2) is 56.5 Å². The van der Waals surface area contributed by atoms with E-state index < -0.39 is 34.3 Å². The average molecular weight is 506 g/mol. The van der Waals surface area contributed by atoms with Crippen molar-refractivity contribution in [2.24, 2.45) is 0 Å². The van der Waals surface area contributed by atoms with E-state index in [1.165, 1.54) is 17.0 Å². The van der Waals surface area contributed by atoms with Crippen molar-refractivity contribution in [3.63, 3.8) is 0 Å². The zero-order chi connectivity index (χ0) is 23.8. The van der Waals surface area contributed by atoms with Crippen LogP contribution in [0, 0.1) is 0 Å². The van der Waals surface area contributed by atoms with Crippen LogP contribution in [0.4, 0.5) is 0 Å². The molecule has 0 heterocycles. The van der Waals surface area contributed by atoms with Crippen LogP contribution in [0.3, 0.4) is 0 Å². The van der Waals surface area contributed by atoms with Gasteiger partial charge in [0.1, 0.15) is 6.04 Å². The number of amides is 2. The third-order valence-corrected chi connectivity index (χ3v) is 6.56. The predicted octanol–water partition coefficient (Wildman–Crippen LogP) is 2.07. The quantitative estimate of drug-likeness (QED) is 0.390. The molecule has 0 saturated heterocycles. The molecule has 3 aromatic rings. The van der Waals surface area contributed by atoms with Crippen LogP contribution in [0.2, 0.25) is 0 Å². The number of sulfonamides is 1. The maximum atomic E-state index is 13.1. The normalized spacial score (nSPS) is 11.9. The number of halogens is 1. The standard InChI is InChI=1S/C24H27N3O5S.ClH/c1-27(17-18-7-3-2-4-8-18)24(30)22(16-23(29)25-13-14-28)26-33(31,32)21-12-11-19-9-5-6-10-20(19)15-21;/h2-12,15,22,26,28H,13-14,16-17H2,1H3,(H,25,29);1H. The first-order valence-corrected chi connectivity index (χ1v) is 12.0. The highest BCUT2D eigenvalue weighted by Crippen LogP contribution is 2.19. The Balaban J connectivity index is 0.00000408. The maximum Gasteiger partial charge on any atom is 0.241 e. The molecule has 0 spiro atoms. The monoisotopic (exact) mass is 505 g/mol. The highest BCUT2D eigenvalue weighted by molar-refractivity contribution is 7.89. The fourth-order valence-electron chi connectivity index (χ4n) is 3.42. The third-order valence-electron chi connectivity index (χ3n) is 5.09. The first kappa shape index (κ1) is 27.3. The first-order valence-electron chi connectivity index (χ1n) is 10.5. The second-order valence-corrected chi connectivity index (χ2v) is 9.35. The van der Waals surface area contributed by atoms with Crippen LogP contribution >= 0.6 is 12.4 Å². The zero-order valence-electron chi connectivity index (χ0n) is 18.7. The number of rotatable bonds is 10. The number of hydrogen-bond donors (Lipinski definition) is 3. The van der Waals surface area contributed by atoms with Crippen molar-refractivity contribution in [3.05, 3.63) is 78.4 Å². The highest BCUT2D eigenvalue weighted by Gasteiger charge is 2.30. The van der Waals surface area contributed by atoms with Crippen LogP contribution in [0.15, 0.2) is 77.7 Å². The van der Waals surface area contributed by atoms with Gasteiger partial charge in [-0.3, -0.25) is 9.59 Å². The molecule has 3 N–H and O–H groups in total. The maximum absolute atomic E-state index is 13.1. The molecule has 10 heteroatoms. The Bertz CT molecular complexity index is 1220. The number of carbonyl (C=O) groups is 2. The molecule has 34 heavy (non-hydrogen) atoms. The number of carbonyl (C=O) groups excluding carboxylic acids is 2. The van der Waals surface area contributed by atoms with E-state index in [1.54, 1.807) is 19.2 Å². The summed E-state index contributed by atoms with van der Waals surface area (Å²) in [5.41, 5.74) is 0.870. The van der Waals surface area contributed by atoms with Gasteiger partial charge in [0.2, 0.25) is 21.8 Å². The van der Waals surface area contributed by atoms with Crippen molar-refractivity contribution in [1.29, 1.82) is 0 Å². The minimum absolute atomic E-state index is 0. The van der Waals surface area contributed by atoms with Gasteiger partial charge < -0.3 is 15.3 Å². The van der Waals surface area contributed by atoms with Crippen LogP contribution in [0.1, 0.15) is 12.0 Å².